The third kappa shape index (κ3) is 1.81. The van der Waals surface area contributed by atoms with E-state index in [0.29, 0.717) is 5.92 Å². The van der Waals surface area contributed by atoms with E-state index in [9.17, 15) is 4.79 Å². The van der Waals surface area contributed by atoms with Crippen LogP contribution in [0, 0.1) is 5.92 Å². The molecule has 0 aliphatic heterocycles. The van der Waals surface area contributed by atoms with Crippen LogP contribution in [0.3, 0.4) is 0 Å². The molecule has 0 aromatic rings. The molecule has 1 aliphatic carbocycles. The van der Waals surface area contributed by atoms with E-state index >= 15 is 0 Å². The molecule has 58 valence electrons. The molecule has 0 heterocycles. The van der Waals surface area contributed by atoms with Crippen LogP contribution in [0.1, 0.15) is 32.6 Å². The third-order valence-corrected chi connectivity index (χ3v) is 2.22. The lowest BCUT2D eigenvalue weighted by Crippen LogP contribution is -2.29. The minimum absolute atomic E-state index is 0.227. The molecule has 0 unspecified atom stereocenters. The van der Waals surface area contributed by atoms with Crippen molar-refractivity contribution in [3.8, 4) is 0 Å². The van der Waals surface area contributed by atoms with Gasteiger partial charge in [-0.15, -0.1) is 0 Å². The number of Topliss-reactive ketones (excluding diaryl/α,β-unsaturated/α-hetero) is 1. The van der Waals surface area contributed by atoms with E-state index in [1.54, 1.807) is 6.92 Å². The summed E-state index contributed by atoms with van der Waals surface area (Å²) >= 11 is 0. The van der Waals surface area contributed by atoms with Crippen LogP contribution in [-0.4, -0.2) is 11.8 Å². The lowest BCUT2D eigenvalue weighted by Gasteiger charge is -2.24. The van der Waals surface area contributed by atoms with Crippen LogP contribution >= 0.6 is 0 Å². The van der Waals surface area contributed by atoms with Crippen LogP contribution in [0.25, 0.3) is 0 Å². The Morgan fingerprint density at radius 1 is 1.70 bits per heavy atom. The number of rotatable bonds is 3. The highest BCUT2D eigenvalue weighted by Gasteiger charge is 2.21. The molecule has 0 spiro atoms. The maximum absolute atomic E-state index is 11.0. The lowest BCUT2D eigenvalue weighted by atomic mass is 9.81. The molecule has 2 nitrogen and oxygen atoms in total. The van der Waals surface area contributed by atoms with Crippen LogP contribution in [0.15, 0.2) is 0 Å². The summed E-state index contributed by atoms with van der Waals surface area (Å²) in [6, 6.07) is -0.249. The summed E-state index contributed by atoms with van der Waals surface area (Å²) in [6.45, 7) is 1.76. The van der Waals surface area contributed by atoms with E-state index < -0.39 is 0 Å². The Kier molecular flexibility index (Phi) is 2.44. The number of carbonyl (C=O) groups excluding carboxylic acids is 1. The quantitative estimate of drug-likeness (QED) is 0.639. The zero-order valence-electron chi connectivity index (χ0n) is 6.47. The maximum Gasteiger partial charge on any atom is 0.149 e. The van der Waals surface area contributed by atoms with Gasteiger partial charge in [0, 0.05) is 6.42 Å². The zero-order valence-corrected chi connectivity index (χ0v) is 6.47. The SMILES string of the molecule is C[C@@H](N)C(=O)CC1CCC1. The Morgan fingerprint density at radius 2 is 2.30 bits per heavy atom. The predicted octanol–water partition coefficient (Wildman–Crippen LogP) is 1.09. The number of hydrogen-bond acceptors (Lipinski definition) is 2. The van der Waals surface area contributed by atoms with Crippen LogP contribution < -0.4 is 5.73 Å². The van der Waals surface area contributed by atoms with Crippen LogP contribution in [-0.2, 0) is 4.79 Å². The Bertz CT molecular complexity index is 127. The van der Waals surface area contributed by atoms with Crippen LogP contribution in [0.2, 0.25) is 0 Å². The molecule has 1 aliphatic rings. The minimum atomic E-state index is -0.249. The number of carbonyl (C=O) groups is 1. The van der Waals surface area contributed by atoms with Crippen molar-refractivity contribution in [2.24, 2.45) is 11.7 Å². The number of ketones is 1. The average molecular weight is 141 g/mol. The fraction of sp³-hybridized carbons (Fsp3) is 0.875. The summed E-state index contributed by atoms with van der Waals surface area (Å²) in [5, 5.41) is 0. The zero-order chi connectivity index (χ0) is 7.56. The van der Waals surface area contributed by atoms with Crippen molar-refractivity contribution in [2.45, 2.75) is 38.6 Å². The molecule has 1 fully saturated rings. The first kappa shape index (κ1) is 7.73. The molecule has 10 heavy (non-hydrogen) atoms. The second kappa shape index (κ2) is 3.15. The Labute approximate surface area is 61.8 Å². The highest BCUT2D eigenvalue weighted by atomic mass is 16.1. The average Bonchev–Trinajstić information content (AvgIpc) is 1.77. The first-order valence-corrected chi connectivity index (χ1v) is 3.98. The van der Waals surface area contributed by atoms with Crippen molar-refractivity contribution in [2.75, 3.05) is 0 Å². The highest BCUT2D eigenvalue weighted by molar-refractivity contribution is 5.83. The molecule has 0 bridgehead atoms. The summed E-state index contributed by atoms with van der Waals surface area (Å²) in [6.07, 6.45) is 4.49. The first-order chi connectivity index (χ1) is 4.70. The third-order valence-electron chi connectivity index (χ3n) is 2.22. The van der Waals surface area contributed by atoms with Gasteiger partial charge in [0.25, 0.3) is 0 Å². The standard InChI is InChI=1S/C8H15NO/c1-6(9)8(10)5-7-3-2-4-7/h6-7H,2-5,9H2,1H3/t6-/m1/s1. The van der Waals surface area contributed by atoms with E-state index in [0.717, 1.165) is 6.42 Å². The van der Waals surface area contributed by atoms with Crippen LogP contribution in [0.5, 0.6) is 0 Å². The van der Waals surface area contributed by atoms with Crippen LogP contribution in [0.4, 0.5) is 0 Å². The summed E-state index contributed by atoms with van der Waals surface area (Å²) in [4.78, 5) is 11.0. The highest BCUT2D eigenvalue weighted by Crippen LogP contribution is 2.29. The van der Waals surface area contributed by atoms with E-state index in [1.165, 1.54) is 19.3 Å². The maximum atomic E-state index is 11.0. The Balaban J connectivity index is 2.17. The summed E-state index contributed by atoms with van der Waals surface area (Å²) in [7, 11) is 0. The van der Waals surface area contributed by atoms with Gasteiger partial charge in [-0.05, 0) is 12.8 Å². The molecule has 1 saturated carbocycles. The van der Waals surface area contributed by atoms with Crippen molar-refractivity contribution in [1.82, 2.24) is 0 Å². The largest absolute Gasteiger partial charge is 0.322 e. The van der Waals surface area contributed by atoms with Gasteiger partial charge in [0.15, 0.2) is 0 Å². The Hall–Kier alpha value is -0.370. The van der Waals surface area contributed by atoms with Gasteiger partial charge in [-0.1, -0.05) is 19.3 Å². The van der Waals surface area contributed by atoms with Crippen molar-refractivity contribution in [1.29, 1.82) is 0 Å². The molecule has 1 atom stereocenters. The molecule has 0 saturated heterocycles. The van der Waals surface area contributed by atoms with Gasteiger partial charge in [0.1, 0.15) is 5.78 Å². The van der Waals surface area contributed by atoms with Crippen molar-refractivity contribution in [3.05, 3.63) is 0 Å². The second-order valence-electron chi connectivity index (χ2n) is 3.26. The normalized spacial score (nSPS) is 21.8. The van der Waals surface area contributed by atoms with Crippen molar-refractivity contribution in [3.63, 3.8) is 0 Å². The van der Waals surface area contributed by atoms with E-state index in [2.05, 4.69) is 0 Å². The molecule has 2 N–H and O–H groups in total. The van der Waals surface area contributed by atoms with Crippen molar-refractivity contribution < 1.29 is 4.79 Å². The van der Waals surface area contributed by atoms with Gasteiger partial charge in [-0.2, -0.15) is 0 Å². The molecule has 0 aromatic heterocycles. The van der Waals surface area contributed by atoms with Gasteiger partial charge < -0.3 is 5.73 Å². The number of hydrogen-bond donors (Lipinski definition) is 1. The van der Waals surface area contributed by atoms with E-state index in [-0.39, 0.29) is 11.8 Å². The minimum Gasteiger partial charge on any atom is -0.322 e. The smallest absolute Gasteiger partial charge is 0.149 e. The lowest BCUT2D eigenvalue weighted by molar-refractivity contribution is -0.121. The van der Waals surface area contributed by atoms with Gasteiger partial charge in [-0.3, -0.25) is 4.79 Å². The summed E-state index contributed by atoms with van der Waals surface area (Å²) in [5.41, 5.74) is 5.41. The summed E-state index contributed by atoms with van der Waals surface area (Å²) < 4.78 is 0. The molecule has 0 radical (unpaired) electrons. The molecule has 2 heteroatoms. The van der Waals surface area contributed by atoms with Gasteiger partial charge in [0.05, 0.1) is 6.04 Å². The van der Waals surface area contributed by atoms with Crippen molar-refractivity contribution >= 4 is 5.78 Å². The fourth-order valence-electron chi connectivity index (χ4n) is 1.17. The monoisotopic (exact) mass is 141 g/mol. The van der Waals surface area contributed by atoms with Gasteiger partial charge >= 0.3 is 0 Å². The molecular formula is C8H15NO. The van der Waals surface area contributed by atoms with E-state index in [4.69, 9.17) is 5.73 Å². The first-order valence-electron chi connectivity index (χ1n) is 3.98. The van der Waals surface area contributed by atoms with Gasteiger partial charge in [-0.25, -0.2) is 0 Å². The molecule has 0 aromatic carbocycles. The fourth-order valence-corrected chi connectivity index (χ4v) is 1.17. The van der Waals surface area contributed by atoms with Gasteiger partial charge in [0.2, 0.25) is 0 Å². The molecule has 1 rings (SSSR count). The van der Waals surface area contributed by atoms with E-state index in [1.807, 2.05) is 0 Å². The topological polar surface area (TPSA) is 43.1 Å². The predicted molar refractivity (Wildman–Crippen MR) is 40.6 cm³/mol. The Morgan fingerprint density at radius 3 is 2.60 bits per heavy atom. The molecule has 0 amide bonds. The summed E-state index contributed by atoms with van der Waals surface area (Å²) in [5.74, 6) is 0.892. The molecular weight excluding hydrogens is 126 g/mol. The second-order valence-corrected chi connectivity index (χ2v) is 3.26. The number of nitrogens with two attached hydrogens (primary N) is 1.